The van der Waals surface area contributed by atoms with Crippen molar-refractivity contribution in [2.24, 2.45) is 0 Å². The molecule has 6 nitrogen and oxygen atoms in total. The van der Waals surface area contributed by atoms with E-state index >= 15 is 0 Å². The highest BCUT2D eigenvalue weighted by atomic mass is 28.3. The average molecular weight is 391 g/mol. The number of esters is 1. The van der Waals surface area contributed by atoms with Crippen LogP contribution in [0.3, 0.4) is 0 Å². The molecule has 0 aliphatic rings. The number of aromatic amines is 1. The number of amides is 1. The standard InChI is InChI=1S/C20H30N2O4Si/c1-20(2,3)26-19(24)16(12-27(5,6)7)22-18(23)15-11-13-14(21-15)9-8-10-17(13)25-4/h8-11,16,21H,12H2,1-7H3,(H,22,23). The zero-order valence-corrected chi connectivity index (χ0v) is 18.2. The molecule has 2 N–H and O–H groups in total. The molecule has 1 heterocycles. The second-order valence-electron chi connectivity index (χ2n) is 8.93. The van der Waals surface area contributed by atoms with Gasteiger partial charge in [0.2, 0.25) is 0 Å². The van der Waals surface area contributed by atoms with E-state index in [0.717, 1.165) is 10.9 Å². The van der Waals surface area contributed by atoms with E-state index in [9.17, 15) is 9.59 Å². The van der Waals surface area contributed by atoms with Crippen LogP contribution in [0.1, 0.15) is 31.3 Å². The molecule has 0 fully saturated rings. The average Bonchev–Trinajstić information content (AvgIpc) is 2.95. The fraction of sp³-hybridized carbons (Fsp3) is 0.500. The number of rotatable bonds is 6. The van der Waals surface area contributed by atoms with Gasteiger partial charge in [-0.2, -0.15) is 0 Å². The molecular weight excluding hydrogens is 360 g/mol. The van der Waals surface area contributed by atoms with Gasteiger partial charge in [0.1, 0.15) is 23.1 Å². The Kier molecular flexibility index (Phi) is 6.04. The second kappa shape index (κ2) is 7.76. The molecule has 2 aromatic rings. The molecule has 1 aromatic heterocycles. The molecule has 27 heavy (non-hydrogen) atoms. The van der Waals surface area contributed by atoms with Crippen LogP contribution >= 0.6 is 0 Å². The molecule has 0 spiro atoms. The summed E-state index contributed by atoms with van der Waals surface area (Å²) in [6.07, 6.45) is 0. The fourth-order valence-corrected chi connectivity index (χ4v) is 4.34. The molecule has 0 bridgehead atoms. The van der Waals surface area contributed by atoms with Crippen LogP contribution in [0.4, 0.5) is 0 Å². The van der Waals surface area contributed by atoms with Gasteiger partial charge < -0.3 is 19.8 Å². The van der Waals surface area contributed by atoms with Crippen molar-refractivity contribution in [3.05, 3.63) is 30.0 Å². The van der Waals surface area contributed by atoms with Crippen molar-refractivity contribution in [2.45, 2.75) is 58.1 Å². The molecule has 1 amide bonds. The van der Waals surface area contributed by atoms with Gasteiger partial charge in [-0.25, -0.2) is 4.79 Å². The van der Waals surface area contributed by atoms with Crippen molar-refractivity contribution in [1.82, 2.24) is 10.3 Å². The maximum Gasteiger partial charge on any atom is 0.328 e. The van der Waals surface area contributed by atoms with Crippen LogP contribution in [0.5, 0.6) is 5.75 Å². The fourth-order valence-electron chi connectivity index (χ4n) is 2.84. The van der Waals surface area contributed by atoms with Gasteiger partial charge in [0.15, 0.2) is 0 Å². The van der Waals surface area contributed by atoms with E-state index < -0.39 is 25.7 Å². The number of aromatic nitrogens is 1. The van der Waals surface area contributed by atoms with Crippen LogP contribution in [0, 0.1) is 0 Å². The molecule has 0 saturated heterocycles. The van der Waals surface area contributed by atoms with Crippen LogP contribution in [0.2, 0.25) is 25.7 Å². The number of fused-ring (bicyclic) bond motifs is 1. The quantitative estimate of drug-likeness (QED) is 0.578. The highest BCUT2D eigenvalue weighted by Gasteiger charge is 2.31. The van der Waals surface area contributed by atoms with Gasteiger partial charge in [0.05, 0.1) is 7.11 Å². The lowest BCUT2D eigenvalue weighted by molar-refractivity contribution is -0.156. The Labute approximate surface area is 161 Å². The largest absolute Gasteiger partial charge is 0.496 e. The third-order valence-electron chi connectivity index (χ3n) is 3.90. The summed E-state index contributed by atoms with van der Waals surface area (Å²) < 4.78 is 10.9. The van der Waals surface area contributed by atoms with Gasteiger partial charge in [-0.3, -0.25) is 4.79 Å². The molecule has 148 valence electrons. The van der Waals surface area contributed by atoms with Gasteiger partial charge in [-0.05, 0) is 45.0 Å². The van der Waals surface area contributed by atoms with Gasteiger partial charge in [0.25, 0.3) is 5.91 Å². The molecule has 1 aromatic carbocycles. The van der Waals surface area contributed by atoms with Crippen molar-refractivity contribution in [1.29, 1.82) is 0 Å². The predicted molar refractivity (Wildman–Crippen MR) is 110 cm³/mol. The van der Waals surface area contributed by atoms with Crippen LogP contribution in [-0.4, -0.2) is 43.7 Å². The Hall–Kier alpha value is -2.28. The lowest BCUT2D eigenvalue weighted by Gasteiger charge is -2.28. The third-order valence-corrected chi connectivity index (χ3v) is 5.53. The lowest BCUT2D eigenvalue weighted by atomic mass is 10.2. The Bertz CT molecular complexity index is 831. The summed E-state index contributed by atoms with van der Waals surface area (Å²) in [5.41, 5.74) is 0.589. The predicted octanol–water partition coefficient (Wildman–Crippen LogP) is 3.95. The molecule has 1 unspecified atom stereocenters. The number of nitrogens with one attached hydrogen (secondary N) is 2. The molecule has 7 heteroatoms. The van der Waals surface area contributed by atoms with Gasteiger partial charge in [0, 0.05) is 19.0 Å². The summed E-state index contributed by atoms with van der Waals surface area (Å²) in [6.45, 7) is 11.9. The van der Waals surface area contributed by atoms with Crippen LogP contribution in [0.15, 0.2) is 24.3 Å². The number of carbonyl (C=O) groups is 2. The highest BCUT2D eigenvalue weighted by molar-refractivity contribution is 6.76. The summed E-state index contributed by atoms with van der Waals surface area (Å²) in [5, 5.41) is 3.68. The number of benzene rings is 1. The smallest absolute Gasteiger partial charge is 0.328 e. The zero-order valence-electron chi connectivity index (χ0n) is 17.2. The zero-order chi connectivity index (χ0) is 20.4. The third kappa shape index (κ3) is 5.85. The van der Waals surface area contributed by atoms with E-state index in [4.69, 9.17) is 9.47 Å². The van der Waals surface area contributed by atoms with Crippen molar-refractivity contribution < 1.29 is 19.1 Å². The molecule has 0 aliphatic carbocycles. The number of carbonyl (C=O) groups excluding carboxylic acids is 2. The summed E-state index contributed by atoms with van der Waals surface area (Å²) >= 11 is 0. The minimum atomic E-state index is -1.62. The minimum absolute atomic E-state index is 0.331. The molecule has 0 radical (unpaired) electrons. The minimum Gasteiger partial charge on any atom is -0.496 e. The lowest BCUT2D eigenvalue weighted by Crippen LogP contribution is -2.47. The SMILES string of the molecule is COc1cccc2[nH]c(C(=O)NC(C[Si](C)(C)C)C(=O)OC(C)(C)C)cc12. The summed E-state index contributed by atoms with van der Waals surface area (Å²) in [7, 11) is -0.0272. The van der Waals surface area contributed by atoms with E-state index in [1.54, 1.807) is 13.2 Å². The first kappa shape index (κ1) is 21.0. The van der Waals surface area contributed by atoms with E-state index in [2.05, 4.69) is 29.9 Å². The molecular formula is C20H30N2O4Si. The molecule has 0 saturated carbocycles. The second-order valence-corrected chi connectivity index (χ2v) is 14.5. The first-order valence-electron chi connectivity index (χ1n) is 9.09. The van der Waals surface area contributed by atoms with E-state index in [0.29, 0.717) is 17.5 Å². The Morgan fingerprint density at radius 2 is 1.89 bits per heavy atom. The van der Waals surface area contributed by atoms with Crippen LogP contribution in [-0.2, 0) is 9.53 Å². The van der Waals surface area contributed by atoms with Crippen LogP contribution in [0.25, 0.3) is 10.9 Å². The first-order valence-corrected chi connectivity index (χ1v) is 12.8. The highest BCUT2D eigenvalue weighted by Crippen LogP contribution is 2.26. The number of hydrogen-bond donors (Lipinski definition) is 2. The normalized spacial score (nSPS) is 13.3. The summed E-state index contributed by atoms with van der Waals surface area (Å²) in [5.74, 6) is -0.0390. The maximum atomic E-state index is 12.8. The van der Waals surface area contributed by atoms with Crippen molar-refractivity contribution in [3.63, 3.8) is 0 Å². The summed E-state index contributed by atoms with van der Waals surface area (Å²) in [4.78, 5) is 28.5. The molecule has 1 atom stereocenters. The van der Waals surface area contributed by atoms with Crippen LogP contribution < -0.4 is 10.1 Å². The van der Waals surface area contributed by atoms with Crippen molar-refractivity contribution >= 4 is 30.9 Å². The first-order chi connectivity index (χ1) is 12.4. The molecule has 0 aliphatic heterocycles. The Morgan fingerprint density at radius 3 is 2.44 bits per heavy atom. The van der Waals surface area contributed by atoms with Gasteiger partial charge in [-0.1, -0.05) is 25.7 Å². The van der Waals surface area contributed by atoms with Gasteiger partial charge >= 0.3 is 5.97 Å². The number of ether oxygens (including phenoxy) is 2. The van der Waals surface area contributed by atoms with Crippen molar-refractivity contribution in [3.8, 4) is 5.75 Å². The van der Waals surface area contributed by atoms with E-state index in [1.807, 2.05) is 39.0 Å². The van der Waals surface area contributed by atoms with E-state index in [-0.39, 0.29) is 5.91 Å². The Morgan fingerprint density at radius 1 is 1.22 bits per heavy atom. The molecule has 2 rings (SSSR count). The Balaban J connectivity index is 2.25. The summed E-state index contributed by atoms with van der Waals surface area (Å²) in [6, 6.07) is 7.25. The topological polar surface area (TPSA) is 80.4 Å². The van der Waals surface area contributed by atoms with Crippen molar-refractivity contribution in [2.75, 3.05) is 7.11 Å². The number of methoxy groups -OCH3 is 1. The number of H-pyrrole nitrogens is 1. The number of hydrogen-bond acceptors (Lipinski definition) is 4. The maximum absolute atomic E-state index is 12.8. The monoisotopic (exact) mass is 390 g/mol. The van der Waals surface area contributed by atoms with Gasteiger partial charge in [-0.15, -0.1) is 0 Å². The van der Waals surface area contributed by atoms with E-state index in [1.165, 1.54) is 0 Å².